The van der Waals surface area contributed by atoms with Gasteiger partial charge in [0, 0.05) is 0 Å². The molecule has 0 aliphatic rings. The Kier molecular flexibility index (Phi) is 3.60. The lowest BCUT2D eigenvalue weighted by Crippen LogP contribution is -1.78. The molecule has 0 spiro atoms. The minimum Gasteiger partial charge on any atom is -0.153 e. The highest BCUT2D eigenvalue weighted by Gasteiger charge is 1.87. The van der Waals surface area contributed by atoms with Gasteiger partial charge in [0.15, 0.2) is 0 Å². The van der Waals surface area contributed by atoms with Gasteiger partial charge in [0.2, 0.25) is 0 Å². The maximum atomic E-state index is 2.19. The molecule has 0 saturated heterocycles. The van der Waals surface area contributed by atoms with Crippen molar-refractivity contribution >= 4 is 9.90 Å². The van der Waals surface area contributed by atoms with Crippen molar-refractivity contribution in [1.29, 1.82) is 0 Å². The summed E-state index contributed by atoms with van der Waals surface area (Å²) in [6, 6.07) is 6.56. The molecule has 1 atom stereocenters. The number of hydrogen-bond donors (Lipinski definition) is 0. The molecule has 0 bridgehead atoms. The van der Waals surface area contributed by atoms with Gasteiger partial charge in [-0.2, -0.15) is 9.90 Å². The Morgan fingerprint density at radius 2 is 0.900 bits per heavy atom. The van der Waals surface area contributed by atoms with Crippen LogP contribution in [0.5, 0.6) is 0 Å². The second-order valence-corrected chi connectivity index (χ2v) is 2.67. The Balaban J connectivity index is 0.000000810. The topological polar surface area (TPSA) is 0 Å². The Morgan fingerprint density at radius 1 is 0.700 bits per heavy atom. The first-order chi connectivity index (χ1) is 4.18. The first kappa shape index (κ1) is 9.65. The van der Waals surface area contributed by atoms with Gasteiger partial charge in [-0.25, -0.2) is 0 Å². The van der Waals surface area contributed by atoms with Gasteiger partial charge >= 0.3 is 0 Å². The van der Waals surface area contributed by atoms with Crippen molar-refractivity contribution in [1.82, 2.24) is 0 Å². The van der Waals surface area contributed by atoms with Crippen LogP contribution in [0.25, 0.3) is 0 Å². The molecule has 0 heterocycles. The minimum atomic E-state index is 0. The second-order valence-electron chi connectivity index (χ2n) is 2.67. The molecule has 10 heavy (non-hydrogen) atoms. The summed E-state index contributed by atoms with van der Waals surface area (Å²) < 4.78 is 0. The van der Waals surface area contributed by atoms with Crippen LogP contribution in [-0.2, 0) is 0 Å². The monoisotopic (exact) mass is 154 g/mol. The fourth-order valence-corrected chi connectivity index (χ4v) is 1.20. The molecule has 0 N–H and O–H groups in total. The van der Waals surface area contributed by atoms with E-state index in [-0.39, 0.29) is 9.90 Å². The van der Waals surface area contributed by atoms with E-state index in [1.54, 1.807) is 0 Å². The van der Waals surface area contributed by atoms with Gasteiger partial charge in [-0.05, 0) is 20.8 Å². The van der Waals surface area contributed by atoms with Crippen molar-refractivity contribution in [3.8, 4) is 0 Å². The molecule has 1 aromatic carbocycles. The summed E-state index contributed by atoms with van der Waals surface area (Å²) in [7, 11) is 0. The van der Waals surface area contributed by atoms with E-state index in [1.807, 2.05) is 0 Å². The van der Waals surface area contributed by atoms with Gasteiger partial charge in [0.05, 0.1) is 0 Å². The summed E-state index contributed by atoms with van der Waals surface area (Å²) >= 11 is 0. The standard InChI is InChI=1S/C9H12.H3P/c1-7-4-8(2)6-9(3)5-7;/h4-6H,1-3H3;1H3. The van der Waals surface area contributed by atoms with Crippen molar-refractivity contribution in [3.63, 3.8) is 0 Å². The summed E-state index contributed by atoms with van der Waals surface area (Å²) in [4.78, 5) is 0. The Hall–Kier alpha value is -0.350. The zero-order valence-electron chi connectivity index (χ0n) is 6.94. The number of aryl methyl sites for hydroxylation is 3. The molecule has 0 aliphatic heterocycles. The first-order valence-corrected chi connectivity index (χ1v) is 3.23. The summed E-state index contributed by atoms with van der Waals surface area (Å²) in [6.45, 7) is 6.38. The van der Waals surface area contributed by atoms with Crippen molar-refractivity contribution in [2.75, 3.05) is 0 Å². The smallest absolute Gasteiger partial charge is 0.0398 e. The summed E-state index contributed by atoms with van der Waals surface area (Å²) in [5, 5.41) is 0. The van der Waals surface area contributed by atoms with Crippen molar-refractivity contribution < 1.29 is 0 Å². The third-order valence-electron chi connectivity index (χ3n) is 1.37. The lowest BCUT2D eigenvalue weighted by atomic mass is 10.1. The SMILES string of the molecule is Cc1cc(C)cc(C)c1.P. The largest absolute Gasteiger partial charge is 0.153 e. The Morgan fingerprint density at radius 3 is 1.10 bits per heavy atom. The molecule has 0 radical (unpaired) electrons. The third-order valence-corrected chi connectivity index (χ3v) is 1.37. The fraction of sp³-hybridized carbons (Fsp3) is 0.333. The highest BCUT2D eigenvalue weighted by Crippen LogP contribution is 2.06. The molecule has 0 amide bonds. The van der Waals surface area contributed by atoms with E-state index in [0.717, 1.165) is 0 Å². The Labute approximate surface area is 66.3 Å². The summed E-state index contributed by atoms with van der Waals surface area (Å²) in [5.74, 6) is 0. The van der Waals surface area contributed by atoms with Crippen LogP contribution in [0.15, 0.2) is 18.2 Å². The van der Waals surface area contributed by atoms with E-state index in [1.165, 1.54) is 16.7 Å². The maximum Gasteiger partial charge on any atom is -0.0398 e. The van der Waals surface area contributed by atoms with Crippen LogP contribution in [0.3, 0.4) is 0 Å². The van der Waals surface area contributed by atoms with E-state index < -0.39 is 0 Å². The lowest BCUT2D eigenvalue weighted by Gasteiger charge is -1.96. The molecule has 0 nitrogen and oxygen atoms in total. The van der Waals surface area contributed by atoms with Gasteiger partial charge in [-0.15, -0.1) is 0 Å². The lowest BCUT2D eigenvalue weighted by molar-refractivity contribution is 1.32. The van der Waals surface area contributed by atoms with E-state index in [9.17, 15) is 0 Å². The van der Waals surface area contributed by atoms with Crippen molar-refractivity contribution in [2.24, 2.45) is 0 Å². The number of rotatable bonds is 0. The molecule has 56 valence electrons. The predicted molar refractivity (Wildman–Crippen MR) is 51.8 cm³/mol. The highest BCUT2D eigenvalue weighted by molar-refractivity contribution is 6.92. The first-order valence-electron chi connectivity index (χ1n) is 3.23. The van der Waals surface area contributed by atoms with Gasteiger partial charge in [0.1, 0.15) is 0 Å². The molecular weight excluding hydrogens is 139 g/mol. The predicted octanol–water partition coefficient (Wildman–Crippen LogP) is 2.67. The van der Waals surface area contributed by atoms with Crippen LogP contribution in [0.2, 0.25) is 0 Å². The zero-order valence-corrected chi connectivity index (χ0v) is 8.35. The van der Waals surface area contributed by atoms with E-state index in [2.05, 4.69) is 39.0 Å². The normalized spacial score (nSPS) is 8.70. The molecular formula is C9H15P. The van der Waals surface area contributed by atoms with Crippen molar-refractivity contribution in [2.45, 2.75) is 20.8 Å². The van der Waals surface area contributed by atoms with Crippen molar-refractivity contribution in [3.05, 3.63) is 34.9 Å². The van der Waals surface area contributed by atoms with Gasteiger partial charge in [0.25, 0.3) is 0 Å². The average Bonchev–Trinajstić information content (AvgIpc) is 1.59. The molecule has 1 rings (SSSR count). The summed E-state index contributed by atoms with van der Waals surface area (Å²) in [5.41, 5.74) is 4.06. The zero-order chi connectivity index (χ0) is 6.85. The molecule has 1 heteroatoms. The summed E-state index contributed by atoms with van der Waals surface area (Å²) in [6.07, 6.45) is 0. The highest BCUT2D eigenvalue weighted by atomic mass is 31.0. The van der Waals surface area contributed by atoms with Crippen LogP contribution < -0.4 is 0 Å². The van der Waals surface area contributed by atoms with Crippen LogP contribution in [0.4, 0.5) is 0 Å². The van der Waals surface area contributed by atoms with Crippen LogP contribution in [0, 0.1) is 20.8 Å². The van der Waals surface area contributed by atoms with Gasteiger partial charge < -0.3 is 0 Å². The average molecular weight is 154 g/mol. The molecule has 0 fully saturated rings. The fourth-order valence-electron chi connectivity index (χ4n) is 1.20. The van der Waals surface area contributed by atoms with E-state index in [4.69, 9.17) is 0 Å². The number of hydrogen-bond acceptors (Lipinski definition) is 0. The molecule has 1 unspecified atom stereocenters. The molecule has 0 aromatic heterocycles. The van der Waals surface area contributed by atoms with E-state index in [0.29, 0.717) is 0 Å². The quantitative estimate of drug-likeness (QED) is 0.504. The maximum absolute atomic E-state index is 2.19. The van der Waals surface area contributed by atoms with Gasteiger partial charge in [-0.3, -0.25) is 0 Å². The third kappa shape index (κ3) is 2.49. The van der Waals surface area contributed by atoms with Crippen LogP contribution in [-0.4, -0.2) is 0 Å². The minimum absolute atomic E-state index is 0. The molecule has 0 aliphatic carbocycles. The second kappa shape index (κ2) is 3.73. The number of benzene rings is 1. The Bertz CT molecular complexity index is 165. The molecule has 0 saturated carbocycles. The van der Waals surface area contributed by atoms with Crippen LogP contribution in [0.1, 0.15) is 16.7 Å². The molecule has 1 aromatic rings. The van der Waals surface area contributed by atoms with Gasteiger partial charge in [-0.1, -0.05) is 34.9 Å². The van der Waals surface area contributed by atoms with Crippen LogP contribution >= 0.6 is 9.90 Å². The van der Waals surface area contributed by atoms with E-state index >= 15 is 0 Å².